The Morgan fingerprint density at radius 3 is 2.67 bits per heavy atom. The van der Waals surface area contributed by atoms with Gasteiger partial charge in [-0.05, 0) is 18.4 Å². The zero-order valence-electron chi connectivity index (χ0n) is 7.61. The Hall–Kier alpha value is -0.260. The molecule has 12 heavy (non-hydrogen) atoms. The van der Waals surface area contributed by atoms with Gasteiger partial charge in [-0.25, -0.2) is 0 Å². The Bertz CT molecular complexity index is 143. The molecular formula is C7H15NO3S. The van der Waals surface area contributed by atoms with Crippen molar-refractivity contribution < 1.29 is 14.7 Å². The lowest BCUT2D eigenvalue weighted by Gasteiger charge is -2.21. The van der Waals surface area contributed by atoms with Gasteiger partial charge in [-0.2, -0.15) is 16.8 Å². The van der Waals surface area contributed by atoms with Crippen molar-refractivity contribution in [1.82, 2.24) is 5.06 Å². The van der Waals surface area contributed by atoms with Gasteiger partial charge in [-0.15, -0.1) is 0 Å². The minimum Gasteiger partial charge on any atom is -0.480 e. The van der Waals surface area contributed by atoms with Crippen LogP contribution >= 0.6 is 11.8 Å². The van der Waals surface area contributed by atoms with E-state index < -0.39 is 12.0 Å². The number of rotatable bonds is 6. The average molecular weight is 193 g/mol. The molecule has 72 valence electrons. The van der Waals surface area contributed by atoms with Gasteiger partial charge in [0, 0.05) is 7.05 Å². The number of carboxylic acids is 1. The summed E-state index contributed by atoms with van der Waals surface area (Å²) in [6.07, 6.45) is 2.55. The summed E-state index contributed by atoms with van der Waals surface area (Å²) < 4.78 is 0. The van der Waals surface area contributed by atoms with Crippen LogP contribution < -0.4 is 0 Å². The number of thioether (sulfide) groups is 1. The van der Waals surface area contributed by atoms with E-state index in [1.807, 2.05) is 6.26 Å². The fraction of sp³-hybridized carbons (Fsp3) is 0.857. The number of carboxylic acid groups (broad SMARTS) is 1. The van der Waals surface area contributed by atoms with E-state index in [2.05, 4.69) is 0 Å². The summed E-state index contributed by atoms with van der Waals surface area (Å²) in [7, 11) is 3.09. The van der Waals surface area contributed by atoms with Gasteiger partial charge < -0.3 is 9.94 Å². The summed E-state index contributed by atoms with van der Waals surface area (Å²) in [5.74, 6) is -0.0154. The summed E-state index contributed by atoms with van der Waals surface area (Å²) in [5.41, 5.74) is 0. The first-order valence-corrected chi connectivity index (χ1v) is 5.01. The monoisotopic (exact) mass is 193 g/mol. The van der Waals surface area contributed by atoms with Crippen LogP contribution in [0.4, 0.5) is 0 Å². The topological polar surface area (TPSA) is 49.8 Å². The first kappa shape index (κ1) is 11.7. The molecule has 0 spiro atoms. The van der Waals surface area contributed by atoms with E-state index in [1.54, 1.807) is 18.8 Å². The molecule has 4 nitrogen and oxygen atoms in total. The molecule has 0 aliphatic rings. The second-order valence-electron chi connectivity index (χ2n) is 2.36. The molecule has 1 N–H and O–H groups in total. The molecule has 0 radical (unpaired) electrons. The van der Waals surface area contributed by atoms with E-state index >= 15 is 0 Å². The minimum atomic E-state index is -0.839. The molecule has 0 saturated heterocycles. The van der Waals surface area contributed by atoms with Crippen LogP contribution in [-0.2, 0) is 9.63 Å². The van der Waals surface area contributed by atoms with E-state index in [9.17, 15) is 4.79 Å². The van der Waals surface area contributed by atoms with E-state index in [0.717, 1.165) is 5.75 Å². The highest BCUT2D eigenvalue weighted by atomic mass is 32.2. The number of hydrogen-bond donors (Lipinski definition) is 1. The highest BCUT2D eigenvalue weighted by Gasteiger charge is 2.21. The first-order chi connectivity index (χ1) is 5.63. The van der Waals surface area contributed by atoms with Crippen LogP contribution in [0.2, 0.25) is 0 Å². The van der Waals surface area contributed by atoms with E-state index in [1.165, 1.54) is 12.2 Å². The number of likely N-dealkylation sites (N-methyl/N-ethyl adjacent to an activating group) is 1. The molecule has 0 bridgehead atoms. The summed E-state index contributed by atoms with van der Waals surface area (Å²) in [4.78, 5) is 15.5. The lowest BCUT2D eigenvalue weighted by Crippen LogP contribution is -2.38. The Balaban J connectivity index is 3.94. The quantitative estimate of drug-likeness (QED) is 0.629. The van der Waals surface area contributed by atoms with Crippen molar-refractivity contribution in [2.75, 3.05) is 26.2 Å². The lowest BCUT2D eigenvalue weighted by molar-refractivity contribution is -0.174. The third kappa shape index (κ3) is 3.94. The molecule has 0 fully saturated rings. The third-order valence-corrected chi connectivity index (χ3v) is 2.25. The Kier molecular flexibility index (Phi) is 6.14. The van der Waals surface area contributed by atoms with Gasteiger partial charge >= 0.3 is 5.97 Å². The summed E-state index contributed by atoms with van der Waals surface area (Å²) in [6, 6.07) is -0.539. The average Bonchev–Trinajstić information content (AvgIpc) is 2.04. The molecule has 0 saturated carbocycles. The van der Waals surface area contributed by atoms with Crippen molar-refractivity contribution in [2.24, 2.45) is 0 Å². The van der Waals surface area contributed by atoms with Gasteiger partial charge in [-0.1, -0.05) is 0 Å². The van der Waals surface area contributed by atoms with Crippen molar-refractivity contribution >= 4 is 17.7 Å². The summed E-state index contributed by atoms with van der Waals surface area (Å²) >= 11 is 1.63. The van der Waals surface area contributed by atoms with E-state index in [4.69, 9.17) is 9.94 Å². The zero-order chi connectivity index (χ0) is 9.56. The maximum Gasteiger partial charge on any atom is 0.323 e. The summed E-state index contributed by atoms with van der Waals surface area (Å²) in [6.45, 7) is 0. The van der Waals surface area contributed by atoms with Gasteiger partial charge in [-0.3, -0.25) is 4.79 Å². The predicted molar refractivity (Wildman–Crippen MR) is 49.2 cm³/mol. The van der Waals surface area contributed by atoms with E-state index in [-0.39, 0.29) is 0 Å². The molecule has 0 aromatic rings. The Labute approximate surface area is 76.8 Å². The van der Waals surface area contributed by atoms with Crippen LogP contribution in [0.25, 0.3) is 0 Å². The van der Waals surface area contributed by atoms with Gasteiger partial charge in [0.15, 0.2) is 0 Å². The number of nitrogens with zero attached hydrogens (tertiary/aromatic N) is 1. The lowest BCUT2D eigenvalue weighted by atomic mass is 10.2. The highest BCUT2D eigenvalue weighted by Crippen LogP contribution is 2.06. The van der Waals surface area contributed by atoms with Crippen molar-refractivity contribution in [3.05, 3.63) is 0 Å². The van der Waals surface area contributed by atoms with E-state index in [0.29, 0.717) is 6.42 Å². The number of carbonyl (C=O) groups is 1. The molecule has 0 aromatic heterocycles. The van der Waals surface area contributed by atoms with Crippen molar-refractivity contribution in [1.29, 1.82) is 0 Å². The fourth-order valence-electron chi connectivity index (χ4n) is 0.818. The van der Waals surface area contributed by atoms with Crippen LogP contribution in [0.3, 0.4) is 0 Å². The molecule has 0 heterocycles. The SMILES string of the molecule is CON(C)[C@@H](CCSC)C(=O)O. The first-order valence-electron chi connectivity index (χ1n) is 3.62. The maximum atomic E-state index is 10.7. The highest BCUT2D eigenvalue weighted by molar-refractivity contribution is 7.98. The molecule has 0 aromatic carbocycles. The standard InChI is InChI=1S/C7H15NO3S/c1-8(11-2)6(7(9)10)4-5-12-3/h6H,4-5H2,1-3H3,(H,9,10)/t6-/m0/s1. The maximum absolute atomic E-state index is 10.7. The normalized spacial score (nSPS) is 13.3. The second kappa shape index (κ2) is 6.28. The molecular weight excluding hydrogens is 178 g/mol. The summed E-state index contributed by atoms with van der Waals surface area (Å²) in [5, 5.41) is 10.1. The second-order valence-corrected chi connectivity index (χ2v) is 3.35. The molecule has 0 unspecified atom stereocenters. The van der Waals surface area contributed by atoms with Crippen LogP contribution in [0.5, 0.6) is 0 Å². The largest absolute Gasteiger partial charge is 0.480 e. The molecule has 0 aliphatic carbocycles. The van der Waals surface area contributed by atoms with Crippen molar-refractivity contribution in [3.8, 4) is 0 Å². The predicted octanol–water partition coefficient (Wildman–Crippen LogP) is 0.686. The fourth-order valence-corrected chi connectivity index (χ4v) is 1.28. The smallest absolute Gasteiger partial charge is 0.323 e. The molecule has 0 aliphatic heterocycles. The van der Waals surface area contributed by atoms with Crippen molar-refractivity contribution in [3.63, 3.8) is 0 Å². The number of hydroxylamine groups is 2. The molecule has 5 heteroatoms. The molecule has 0 rings (SSSR count). The number of aliphatic carboxylic acids is 1. The van der Waals surface area contributed by atoms with Gasteiger partial charge in [0.25, 0.3) is 0 Å². The molecule has 0 amide bonds. The Morgan fingerprint density at radius 1 is 1.75 bits per heavy atom. The van der Waals surface area contributed by atoms with Crippen LogP contribution in [0, 0.1) is 0 Å². The third-order valence-electron chi connectivity index (χ3n) is 1.61. The number of hydrogen-bond acceptors (Lipinski definition) is 4. The van der Waals surface area contributed by atoms with Gasteiger partial charge in [0.05, 0.1) is 7.11 Å². The van der Waals surface area contributed by atoms with Crippen LogP contribution in [0.15, 0.2) is 0 Å². The van der Waals surface area contributed by atoms with Crippen LogP contribution in [-0.4, -0.2) is 48.3 Å². The minimum absolute atomic E-state index is 0.539. The van der Waals surface area contributed by atoms with Gasteiger partial charge in [0.2, 0.25) is 0 Å². The van der Waals surface area contributed by atoms with Crippen molar-refractivity contribution in [2.45, 2.75) is 12.5 Å². The zero-order valence-corrected chi connectivity index (χ0v) is 8.43. The molecule has 1 atom stereocenters. The van der Waals surface area contributed by atoms with Crippen LogP contribution in [0.1, 0.15) is 6.42 Å². The van der Waals surface area contributed by atoms with Gasteiger partial charge in [0.1, 0.15) is 6.04 Å². The Morgan fingerprint density at radius 2 is 2.33 bits per heavy atom.